The van der Waals surface area contributed by atoms with Gasteiger partial charge < -0.3 is 10.0 Å². The number of aliphatic carboxylic acids is 1. The molecule has 2 heterocycles. The van der Waals surface area contributed by atoms with E-state index in [1.54, 1.807) is 31.5 Å². The number of nitrogens with zero attached hydrogens (tertiary/aromatic N) is 2. The Bertz CT molecular complexity index is 829. The number of likely N-dealkylation sites (tertiary alicyclic amines) is 1. The summed E-state index contributed by atoms with van der Waals surface area (Å²) in [5.41, 5.74) is 1.17. The zero-order chi connectivity index (χ0) is 18.1. The number of amides is 1. The van der Waals surface area contributed by atoms with Gasteiger partial charge in [-0.2, -0.15) is 0 Å². The van der Waals surface area contributed by atoms with E-state index >= 15 is 0 Å². The van der Waals surface area contributed by atoms with Gasteiger partial charge in [-0.3, -0.25) is 14.6 Å². The lowest BCUT2D eigenvalue weighted by Crippen LogP contribution is -2.31. The molecule has 0 spiro atoms. The number of benzene rings is 1. The summed E-state index contributed by atoms with van der Waals surface area (Å²) < 4.78 is 14.2. The monoisotopic (exact) mass is 362 g/mol. The molecule has 1 saturated heterocycles. The Morgan fingerprint density at radius 1 is 1.24 bits per heavy atom. The van der Waals surface area contributed by atoms with Crippen molar-refractivity contribution in [2.24, 2.45) is 5.92 Å². The Kier molecular flexibility index (Phi) is 4.72. The zero-order valence-electron chi connectivity index (χ0n) is 13.4. The van der Waals surface area contributed by atoms with Gasteiger partial charge in [-0.25, -0.2) is 4.39 Å². The molecule has 25 heavy (non-hydrogen) atoms. The highest BCUT2D eigenvalue weighted by atomic mass is 35.5. The summed E-state index contributed by atoms with van der Waals surface area (Å²) in [4.78, 5) is 29.7. The van der Waals surface area contributed by atoms with Gasteiger partial charge in [0, 0.05) is 31.4 Å². The van der Waals surface area contributed by atoms with Crippen LogP contribution in [0.2, 0.25) is 5.02 Å². The van der Waals surface area contributed by atoms with E-state index in [1.807, 2.05) is 0 Å². The van der Waals surface area contributed by atoms with Crippen LogP contribution in [0.4, 0.5) is 4.39 Å². The third-order valence-electron chi connectivity index (χ3n) is 4.56. The Morgan fingerprint density at radius 3 is 2.56 bits per heavy atom. The molecule has 1 aromatic carbocycles. The van der Waals surface area contributed by atoms with Crippen LogP contribution in [0.15, 0.2) is 36.7 Å². The van der Waals surface area contributed by atoms with Crippen molar-refractivity contribution >= 4 is 23.5 Å². The van der Waals surface area contributed by atoms with E-state index in [1.165, 1.54) is 17.0 Å². The minimum absolute atomic E-state index is 0.00483. The Labute approximate surface area is 149 Å². The fourth-order valence-corrected chi connectivity index (χ4v) is 3.41. The van der Waals surface area contributed by atoms with E-state index in [0.29, 0.717) is 5.56 Å². The van der Waals surface area contributed by atoms with Crippen LogP contribution in [-0.2, 0) is 4.79 Å². The van der Waals surface area contributed by atoms with Gasteiger partial charge in [0.05, 0.1) is 16.5 Å². The number of carbonyl (C=O) groups is 2. The number of aromatic nitrogens is 1. The van der Waals surface area contributed by atoms with Gasteiger partial charge in [0.2, 0.25) is 0 Å². The topological polar surface area (TPSA) is 70.5 Å². The smallest absolute Gasteiger partial charge is 0.308 e. The van der Waals surface area contributed by atoms with Crippen molar-refractivity contribution < 1.29 is 19.1 Å². The molecule has 1 aliphatic heterocycles. The summed E-state index contributed by atoms with van der Waals surface area (Å²) in [7, 11) is 0. The van der Waals surface area contributed by atoms with Crippen molar-refractivity contribution in [2.45, 2.75) is 12.8 Å². The molecule has 130 valence electrons. The SMILES string of the molecule is Cc1ccc(F)c(C(=O)N2C[C@@H](C(=O)O)[C@H](c3ccncc3)C2)c1Cl. The van der Waals surface area contributed by atoms with Crippen molar-refractivity contribution in [2.75, 3.05) is 13.1 Å². The minimum Gasteiger partial charge on any atom is -0.481 e. The zero-order valence-corrected chi connectivity index (χ0v) is 14.2. The molecule has 7 heteroatoms. The summed E-state index contributed by atoms with van der Waals surface area (Å²) in [6.07, 6.45) is 3.16. The van der Waals surface area contributed by atoms with E-state index in [2.05, 4.69) is 4.98 Å². The maximum Gasteiger partial charge on any atom is 0.308 e. The molecule has 5 nitrogen and oxygen atoms in total. The predicted molar refractivity (Wildman–Crippen MR) is 90.2 cm³/mol. The van der Waals surface area contributed by atoms with Crippen molar-refractivity contribution in [1.29, 1.82) is 0 Å². The van der Waals surface area contributed by atoms with Crippen LogP contribution in [0.25, 0.3) is 0 Å². The van der Waals surface area contributed by atoms with Gasteiger partial charge in [-0.15, -0.1) is 0 Å². The molecule has 1 N–H and O–H groups in total. The number of carboxylic acid groups (broad SMARTS) is 1. The van der Waals surface area contributed by atoms with Gasteiger partial charge in [0.1, 0.15) is 5.82 Å². The summed E-state index contributed by atoms with van der Waals surface area (Å²) in [5, 5.41) is 9.57. The lowest BCUT2D eigenvalue weighted by atomic mass is 9.90. The minimum atomic E-state index is -0.993. The number of rotatable bonds is 3. The first kappa shape index (κ1) is 17.4. The van der Waals surface area contributed by atoms with E-state index in [-0.39, 0.29) is 29.6 Å². The molecule has 0 unspecified atom stereocenters. The van der Waals surface area contributed by atoms with Crippen molar-refractivity contribution in [3.8, 4) is 0 Å². The van der Waals surface area contributed by atoms with Crippen LogP contribution < -0.4 is 0 Å². The van der Waals surface area contributed by atoms with Crippen LogP contribution >= 0.6 is 11.6 Å². The van der Waals surface area contributed by atoms with Crippen molar-refractivity contribution in [3.63, 3.8) is 0 Å². The van der Waals surface area contributed by atoms with E-state index < -0.39 is 23.6 Å². The molecule has 1 aromatic heterocycles. The fraction of sp³-hybridized carbons (Fsp3) is 0.278. The number of carboxylic acids is 1. The number of hydrogen-bond acceptors (Lipinski definition) is 3. The third kappa shape index (κ3) is 3.22. The number of pyridine rings is 1. The first-order valence-corrected chi connectivity index (χ1v) is 8.14. The molecule has 2 aromatic rings. The standard InChI is InChI=1S/C18H16ClFN2O3/c1-10-2-3-14(20)15(16(10)19)17(23)22-8-12(13(9-22)18(24)25)11-4-6-21-7-5-11/h2-7,12-13H,8-9H2,1H3,(H,24,25)/t12-,13+/m0/s1. The molecule has 0 radical (unpaired) electrons. The Balaban J connectivity index is 1.93. The van der Waals surface area contributed by atoms with Crippen LogP contribution in [0.1, 0.15) is 27.4 Å². The van der Waals surface area contributed by atoms with E-state index in [0.717, 1.165) is 5.56 Å². The van der Waals surface area contributed by atoms with Gasteiger partial charge in [0.25, 0.3) is 5.91 Å². The molecule has 1 fully saturated rings. The lowest BCUT2D eigenvalue weighted by molar-refractivity contribution is -0.141. The highest BCUT2D eigenvalue weighted by molar-refractivity contribution is 6.34. The second kappa shape index (κ2) is 6.80. The van der Waals surface area contributed by atoms with Crippen molar-refractivity contribution in [3.05, 3.63) is 64.2 Å². The quantitative estimate of drug-likeness (QED) is 0.910. The first-order chi connectivity index (χ1) is 11.9. The van der Waals surface area contributed by atoms with Crippen LogP contribution in [0.3, 0.4) is 0 Å². The van der Waals surface area contributed by atoms with Crippen LogP contribution in [0, 0.1) is 18.7 Å². The molecular weight excluding hydrogens is 347 g/mol. The first-order valence-electron chi connectivity index (χ1n) is 7.76. The Morgan fingerprint density at radius 2 is 1.92 bits per heavy atom. The number of halogens is 2. The fourth-order valence-electron chi connectivity index (χ4n) is 3.18. The summed E-state index contributed by atoms with van der Waals surface area (Å²) in [6, 6.07) is 6.15. The Hall–Kier alpha value is -2.47. The summed E-state index contributed by atoms with van der Waals surface area (Å²) in [5.74, 6) is -3.43. The maximum atomic E-state index is 14.2. The number of hydrogen-bond donors (Lipinski definition) is 1. The van der Waals surface area contributed by atoms with E-state index in [4.69, 9.17) is 11.6 Å². The molecule has 1 aliphatic rings. The maximum absolute atomic E-state index is 14.2. The van der Waals surface area contributed by atoms with Gasteiger partial charge in [0.15, 0.2) is 0 Å². The van der Waals surface area contributed by atoms with Crippen LogP contribution in [0.5, 0.6) is 0 Å². The highest BCUT2D eigenvalue weighted by Gasteiger charge is 2.41. The normalized spacial score (nSPS) is 19.9. The lowest BCUT2D eigenvalue weighted by Gasteiger charge is -2.18. The third-order valence-corrected chi connectivity index (χ3v) is 5.04. The average Bonchev–Trinajstić information content (AvgIpc) is 3.05. The predicted octanol–water partition coefficient (Wildman–Crippen LogP) is 3.12. The van der Waals surface area contributed by atoms with Crippen LogP contribution in [-0.4, -0.2) is 40.0 Å². The van der Waals surface area contributed by atoms with Crippen molar-refractivity contribution in [1.82, 2.24) is 9.88 Å². The molecule has 1 amide bonds. The number of aryl methyl sites for hydroxylation is 1. The highest BCUT2D eigenvalue weighted by Crippen LogP contribution is 2.35. The second-order valence-corrected chi connectivity index (χ2v) is 6.47. The van der Waals surface area contributed by atoms with Gasteiger partial charge in [-0.1, -0.05) is 17.7 Å². The molecule has 0 bridgehead atoms. The second-order valence-electron chi connectivity index (χ2n) is 6.10. The molecule has 0 saturated carbocycles. The summed E-state index contributed by atoms with van der Waals surface area (Å²) >= 11 is 6.11. The number of carbonyl (C=O) groups excluding carboxylic acids is 1. The van der Waals surface area contributed by atoms with Gasteiger partial charge in [-0.05, 0) is 36.2 Å². The summed E-state index contributed by atoms with van der Waals surface area (Å²) in [6.45, 7) is 1.87. The molecule has 0 aliphatic carbocycles. The van der Waals surface area contributed by atoms with Gasteiger partial charge >= 0.3 is 5.97 Å². The molecular formula is C18H16ClFN2O3. The molecule has 2 atom stereocenters. The average molecular weight is 363 g/mol. The largest absolute Gasteiger partial charge is 0.481 e. The molecule has 3 rings (SSSR count). The van der Waals surface area contributed by atoms with E-state index in [9.17, 15) is 19.1 Å².